The molecule has 0 amide bonds. The zero-order valence-electron chi connectivity index (χ0n) is 8.94. The van der Waals surface area contributed by atoms with E-state index in [1.165, 1.54) is 0 Å². The summed E-state index contributed by atoms with van der Waals surface area (Å²) >= 11 is 0. The monoisotopic (exact) mass is 209 g/mol. The summed E-state index contributed by atoms with van der Waals surface area (Å²) in [4.78, 5) is 9.15. The minimum atomic E-state index is 0.922. The molecule has 3 heteroatoms. The van der Waals surface area contributed by atoms with Gasteiger partial charge >= 0.3 is 0 Å². The molecule has 0 unspecified atom stereocenters. The van der Waals surface area contributed by atoms with E-state index in [9.17, 15) is 0 Å². The molecule has 0 fully saturated rings. The molecule has 0 atom stereocenters. The SMILES string of the molecule is CNc1ccc2nc3ccccc3nc2c1. The maximum absolute atomic E-state index is 4.58. The molecular weight excluding hydrogens is 198 g/mol. The van der Waals surface area contributed by atoms with Gasteiger partial charge in [0, 0.05) is 12.7 Å². The smallest absolute Gasteiger partial charge is 0.0915 e. The lowest BCUT2D eigenvalue weighted by Crippen LogP contribution is -1.90. The molecule has 0 saturated carbocycles. The van der Waals surface area contributed by atoms with Crippen molar-refractivity contribution >= 4 is 27.8 Å². The number of anilines is 1. The molecule has 3 nitrogen and oxygen atoms in total. The van der Waals surface area contributed by atoms with Crippen LogP contribution in [0.3, 0.4) is 0 Å². The van der Waals surface area contributed by atoms with E-state index in [2.05, 4.69) is 15.3 Å². The average Bonchev–Trinajstić information content (AvgIpc) is 2.35. The lowest BCUT2D eigenvalue weighted by atomic mass is 10.2. The van der Waals surface area contributed by atoms with Gasteiger partial charge in [-0.25, -0.2) is 9.97 Å². The van der Waals surface area contributed by atoms with Crippen LogP contribution in [0.1, 0.15) is 0 Å². The first-order chi connectivity index (χ1) is 7.86. The standard InChI is InChI=1S/C13H11N3/c1-14-9-6-7-12-13(8-9)16-11-5-3-2-4-10(11)15-12/h2-8,14H,1H3. The van der Waals surface area contributed by atoms with Crippen molar-refractivity contribution < 1.29 is 0 Å². The lowest BCUT2D eigenvalue weighted by molar-refractivity contribution is 1.39. The maximum Gasteiger partial charge on any atom is 0.0915 e. The Morgan fingerprint density at radius 2 is 1.44 bits per heavy atom. The van der Waals surface area contributed by atoms with Gasteiger partial charge in [0.15, 0.2) is 0 Å². The van der Waals surface area contributed by atoms with E-state index in [4.69, 9.17) is 0 Å². The van der Waals surface area contributed by atoms with Crippen molar-refractivity contribution in [3.63, 3.8) is 0 Å². The van der Waals surface area contributed by atoms with Crippen molar-refractivity contribution in [2.24, 2.45) is 0 Å². The third-order valence-electron chi connectivity index (χ3n) is 2.63. The van der Waals surface area contributed by atoms with Gasteiger partial charge in [0.05, 0.1) is 22.1 Å². The van der Waals surface area contributed by atoms with Crippen molar-refractivity contribution in [1.82, 2.24) is 9.97 Å². The summed E-state index contributed by atoms with van der Waals surface area (Å²) in [5.74, 6) is 0. The summed E-state index contributed by atoms with van der Waals surface area (Å²) in [6.45, 7) is 0. The molecule has 0 aliphatic carbocycles. The predicted molar refractivity (Wildman–Crippen MR) is 66.6 cm³/mol. The van der Waals surface area contributed by atoms with Crippen molar-refractivity contribution in [2.45, 2.75) is 0 Å². The topological polar surface area (TPSA) is 37.8 Å². The van der Waals surface area contributed by atoms with Crippen LogP contribution in [0.25, 0.3) is 22.1 Å². The fourth-order valence-corrected chi connectivity index (χ4v) is 1.78. The van der Waals surface area contributed by atoms with E-state index in [1.54, 1.807) is 0 Å². The van der Waals surface area contributed by atoms with Gasteiger partial charge in [-0.05, 0) is 30.3 Å². The molecule has 2 aromatic carbocycles. The molecule has 0 spiro atoms. The van der Waals surface area contributed by atoms with Gasteiger partial charge in [0.2, 0.25) is 0 Å². The number of hydrogen-bond acceptors (Lipinski definition) is 3. The number of fused-ring (bicyclic) bond motifs is 2. The number of nitrogens with one attached hydrogen (secondary N) is 1. The summed E-state index contributed by atoms with van der Waals surface area (Å²) in [6, 6.07) is 13.9. The highest BCUT2D eigenvalue weighted by atomic mass is 14.8. The fourth-order valence-electron chi connectivity index (χ4n) is 1.78. The first-order valence-corrected chi connectivity index (χ1v) is 5.21. The summed E-state index contributed by atoms with van der Waals surface area (Å²) in [7, 11) is 1.90. The first kappa shape index (κ1) is 9.09. The average molecular weight is 209 g/mol. The number of benzene rings is 2. The second-order valence-electron chi connectivity index (χ2n) is 3.67. The Balaban J connectivity index is 2.37. The highest BCUT2D eigenvalue weighted by molar-refractivity contribution is 5.87. The third-order valence-corrected chi connectivity index (χ3v) is 2.63. The molecule has 1 heterocycles. The molecule has 0 saturated heterocycles. The van der Waals surface area contributed by atoms with Gasteiger partial charge in [-0.1, -0.05) is 12.1 Å². The van der Waals surface area contributed by atoms with Crippen LogP contribution < -0.4 is 5.32 Å². The zero-order valence-corrected chi connectivity index (χ0v) is 8.94. The number of para-hydroxylation sites is 2. The van der Waals surface area contributed by atoms with Crippen LogP contribution in [0.2, 0.25) is 0 Å². The number of hydrogen-bond donors (Lipinski definition) is 1. The van der Waals surface area contributed by atoms with Crippen LogP contribution in [-0.2, 0) is 0 Å². The fraction of sp³-hybridized carbons (Fsp3) is 0.0769. The lowest BCUT2D eigenvalue weighted by Gasteiger charge is -2.03. The Hall–Kier alpha value is -2.16. The Bertz CT molecular complexity index is 661. The van der Waals surface area contributed by atoms with Gasteiger partial charge < -0.3 is 5.32 Å². The molecule has 0 radical (unpaired) electrons. The van der Waals surface area contributed by atoms with Gasteiger partial charge in [0.25, 0.3) is 0 Å². The molecule has 1 aromatic heterocycles. The number of rotatable bonds is 1. The molecule has 0 aliphatic heterocycles. The second kappa shape index (κ2) is 3.45. The highest BCUT2D eigenvalue weighted by Gasteiger charge is 2.01. The van der Waals surface area contributed by atoms with E-state index >= 15 is 0 Å². The number of nitrogens with zero attached hydrogens (tertiary/aromatic N) is 2. The summed E-state index contributed by atoms with van der Waals surface area (Å²) in [5, 5.41) is 3.10. The Labute approximate surface area is 93.1 Å². The van der Waals surface area contributed by atoms with Crippen LogP contribution in [0.15, 0.2) is 42.5 Å². The molecule has 1 N–H and O–H groups in total. The summed E-state index contributed by atoms with van der Waals surface area (Å²) < 4.78 is 0. The Morgan fingerprint density at radius 1 is 0.812 bits per heavy atom. The Morgan fingerprint density at radius 3 is 2.12 bits per heavy atom. The van der Waals surface area contributed by atoms with Crippen molar-refractivity contribution in [3.05, 3.63) is 42.5 Å². The quantitative estimate of drug-likeness (QED) is 0.626. The molecule has 0 aliphatic rings. The van der Waals surface area contributed by atoms with Crippen LogP contribution in [-0.4, -0.2) is 17.0 Å². The zero-order chi connectivity index (χ0) is 11.0. The second-order valence-corrected chi connectivity index (χ2v) is 3.67. The number of aromatic nitrogens is 2. The Kier molecular flexibility index (Phi) is 1.96. The van der Waals surface area contributed by atoms with Gasteiger partial charge in [-0.15, -0.1) is 0 Å². The first-order valence-electron chi connectivity index (χ1n) is 5.21. The minimum Gasteiger partial charge on any atom is -0.388 e. The van der Waals surface area contributed by atoms with E-state index in [1.807, 2.05) is 49.5 Å². The van der Waals surface area contributed by atoms with Gasteiger partial charge in [0.1, 0.15) is 0 Å². The summed E-state index contributed by atoms with van der Waals surface area (Å²) in [6.07, 6.45) is 0. The van der Waals surface area contributed by atoms with Crippen LogP contribution in [0.5, 0.6) is 0 Å². The van der Waals surface area contributed by atoms with Crippen molar-refractivity contribution in [2.75, 3.05) is 12.4 Å². The molecule has 78 valence electrons. The molecule has 0 bridgehead atoms. The van der Waals surface area contributed by atoms with Crippen LogP contribution >= 0.6 is 0 Å². The van der Waals surface area contributed by atoms with E-state index in [0.29, 0.717) is 0 Å². The van der Waals surface area contributed by atoms with Gasteiger partial charge in [-0.2, -0.15) is 0 Å². The van der Waals surface area contributed by atoms with Gasteiger partial charge in [-0.3, -0.25) is 0 Å². The molecular formula is C13H11N3. The van der Waals surface area contributed by atoms with Crippen LogP contribution in [0.4, 0.5) is 5.69 Å². The maximum atomic E-state index is 4.58. The van der Waals surface area contributed by atoms with Crippen molar-refractivity contribution in [1.29, 1.82) is 0 Å². The molecule has 3 aromatic rings. The summed E-state index contributed by atoms with van der Waals surface area (Å²) in [5.41, 5.74) is 4.77. The van der Waals surface area contributed by atoms with Crippen molar-refractivity contribution in [3.8, 4) is 0 Å². The van der Waals surface area contributed by atoms with E-state index in [0.717, 1.165) is 27.8 Å². The predicted octanol–water partition coefficient (Wildman–Crippen LogP) is 2.82. The van der Waals surface area contributed by atoms with Crippen LogP contribution in [0, 0.1) is 0 Å². The van der Waals surface area contributed by atoms with E-state index < -0.39 is 0 Å². The van der Waals surface area contributed by atoms with E-state index in [-0.39, 0.29) is 0 Å². The normalized spacial score (nSPS) is 10.8. The molecule has 16 heavy (non-hydrogen) atoms. The largest absolute Gasteiger partial charge is 0.388 e. The molecule has 3 rings (SSSR count). The minimum absolute atomic E-state index is 0.922. The third kappa shape index (κ3) is 1.37. The highest BCUT2D eigenvalue weighted by Crippen LogP contribution is 2.18.